The maximum absolute atomic E-state index is 12.9. The van der Waals surface area contributed by atoms with E-state index in [1.54, 1.807) is 12.1 Å². The van der Waals surface area contributed by atoms with Crippen molar-refractivity contribution in [2.24, 2.45) is 0 Å². The fourth-order valence-corrected chi connectivity index (χ4v) is 5.99. The van der Waals surface area contributed by atoms with Gasteiger partial charge in [0.15, 0.2) is 5.13 Å². The molecule has 1 N–H and O–H groups in total. The second-order valence-corrected chi connectivity index (χ2v) is 10.5. The number of hydrogen-bond acceptors (Lipinski definition) is 6. The zero-order valence-electron chi connectivity index (χ0n) is 18.6. The maximum Gasteiger partial charge on any atom is 0.257 e. The molecule has 0 bridgehead atoms. The van der Waals surface area contributed by atoms with E-state index < -0.39 is 15.9 Å². The van der Waals surface area contributed by atoms with Crippen LogP contribution in [0, 0.1) is 13.8 Å². The summed E-state index contributed by atoms with van der Waals surface area (Å²) >= 11 is 1.32. The molecule has 0 radical (unpaired) electrons. The minimum absolute atomic E-state index is 0.0894. The maximum atomic E-state index is 12.9. The number of amides is 1. The van der Waals surface area contributed by atoms with E-state index in [2.05, 4.69) is 27.5 Å². The molecule has 33 heavy (non-hydrogen) atoms. The quantitative estimate of drug-likeness (QED) is 0.514. The summed E-state index contributed by atoms with van der Waals surface area (Å²) in [7, 11) is -3.68. The molecule has 1 aliphatic heterocycles. The highest BCUT2D eigenvalue weighted by atomic mass is 32.2. The molecular formula is C23H26N4O4S2. The van der Waals surface area contributed by atoms with Gasteiger partial charge >= 0.3 is 0 Å². The van der Waals surface area contributed by atoms with Crippen LogP contribution >= 0.6 is 11.3 Å². The van der Waals surface area contributed by atoms with Gasteiger partial charge in [-0.25, -0.2) is 13.4 Å². The normalized spacial score (nSPS) is 14.8. The summed E-state index contributed by atoms with van der Waals surface area (Å²) in [6.07, 6.45) is 1.85. The lowest BCUT2D eigenvalue weighted by atomic mass is 10.2. The molecule has 0 aliphatic carbocycles. The molecule has 1 saturated heterocycles. The lowest BCUT2D eigenvalue weighted by Gasteiger charge is -2.26. The second-order valence-electron chi connectivity index (χ2n) is 7.72. The fourth-order valence-electron chi connectivity index (χ4n) is 3.83. The van der Waals surface area contributed by atoms with Crippen molar-refractivity contribution in [1.82, 2.24) is 13.9 Å². The van der Waals surface area contributed by atoms with Crippen LogP contribution in [0.15, 0.2) is 53.3 Å². The van der Waals surface area contributed by atoms with Crippen LogP contribution in [0.3, 0.4) is 0 Å². The fraction of sp³-hybridized carbons (Fsp3) is 0.304. The van der Waals surface area contributed by atoms with Crippen LogP contribution in [0.5, 0.6) is 0 Å². The molecule has 1 amide bonds. The Morgan fingerprint density at radius 3 is 2.76 bits per heavy atom. The van der Waals surface area contributed by atoms with Crippen molar-refractivity contribution in [2.75, 3.05) is 31.6 Å². The first-order valence-electron chi connectivity index (χ1n) is 10.5. The van der Waals surface area contributed by atoms with Gasteiger partial charge in [0.05, 0.1) is 23.8 Å². The largest absolute Gasteiger partial charge is 0.379 e. The number of benzene rings is 1. The molecule has 1 fully saturated rings. The van der Waals surface area contributed by atoms with Gasteiger partial charge in [-0.15, -0.1) is 17.9 Å². The average Bonchev–Trinajstić information content (AvgIpc) is 3.39. The molecule has 10 heteroatoms. The monoisotopic (exact) mass is 486 g/mol. The summed E-state index contributed by atoms with van der Waals surface area (Å²) in [6.45, 7) is 9.91. The standard InChI is InChI=1S/C23H26N4O4S2/c1-4-8-27-16(2)13-20(17(27)3)21-15-32-23(24-21)25-22(28)18-6-5-7-19(14-18)33(29,30)26-9-11-31-12-10-26/h4-7,13-15H,1,8-12H2,2-3H3,(H,24,25,28). The number of rotatable bonds is 7. The molecule has 1 aliphatic rings. The lowest BCUT2D eigenvalue weighted by molar-refractivity contribution is 0.0730. The summed E-state index contributed by atoms with van der Waals surface area (Å²) in [4.78, 5) is 17.5. The summed E-state index contributed by atoms with van der Waals surface area (Å²) in [5.74, 6) is -0.410. The Kier molecular flexibility index (Phi) is 6.80. The Balaban J connectivity index is 1.52. The summed E-state index contributed by atoms with van der Waals surface area (Å²) in [5, 5.41) is 5.14. The van der Waals surface area contributed by atoms with Crippen molar-refractivity contribution in [3.63, 3.8) is 0 Å². The number of carbonyl (C=O) groups excluding carboxylic acids is 1. The molecule has 4 rings (SSSR count). The molecule has 8 nitrogen and oxygen atoms in total. The number of ether oxygens (including phenoxy) is 1. The highest BCUT2D eigenvalue weighted by Crippen LogP contribution is 2.30. The van der Waals surface area contributed by atoms with E-state index in [0.29, 0.717) is 31.4 Å². The van der Waals surface area contributed by atoms with Gasteiger partial charge in [0.2, 0.25) is 10.0 Å². The molecule has 0 saturated carbocycles. The van der Waals surface area contributed by atoms with E-state index in [4.69, 9.17) is 4.74 Å². The number of aromatic nitrogens is 2. The van der Waals surface area contributed by atoms with Crippen LogP contribution in [0.1, 0.15) is 21.7 Å². The lowest BCUT2D eigenvalue weighted by Crippen LogP contribution is -2.40. The number of thiazole rings is 1. The van der Waals surface area contributed by atoms with E-state index in [0.717, 1.165) is 29.2 Å². The van der Waals surface area contributed by atoms with Crippen molar-refractivity contribution in [1.29, 1.82) is 0 Å². The Labute approximate surface area is 197 Å². The van der Waals surface area contributed by atoms with Gasteiger partial charge in [0.25, 0.3) is 5.91 Å². The smallest absolute Gasteiger partial charge is 0.257 e. The number of hydrogen-bond donors (Lipinski definition) is 1. The number of nitrogens with zero attached hydrogens (tertiary/aromatic N) is 3. The summed E-state index contributed by atoms with van der Waals surface area (Å²) in [5.41, 5.74) is 4.23. The number of sulfonamides is 1. The Morgan fingerprint density at radius 2 is 2.03 bits per heavy atom. The van der Waals surface area contributed by atoms with Gasteiger partial charge in [-0.05, 0) is 38.1 Å². The van der Waals surface area contributed by atoms with Crippen molar-refractivity contribution in [3.8, 4) is 11.3 Å². The van der Waals surface area contributed by atoms with E-state index in [1.807, 2.05) is 25.3 Å². The highest BCUT2D eigenvalue weighted by molar-refractivity contribution is 7.89. The van der Waals surface area contributed by atoms with E-state index in [-0.39, 0.29) is 10.5 Å². The summed E-state index contributed by atoms with van der Waals surface area (Å²) in [6, 6.07) is 8.13. The minimum atomic E-state index is -3.68. The predicted molar refractivity (Wildman–Crippen MR) is 129 cm³/mol. The number of aryl methyl sites for hydroxylation is 1. The summed E-state index contributed by atoms with van der Waals surface area (Å²) < 4.78 is 34.6. The molecule has 2 aromatic heterocycles. The van der Waals surface area contributed by atoms with Crippen LogP contribution in [-0.2, 0) is 21.3 Å². The Bertz CT molecular complexity index is 1290. The second kappa shape index (κ2) is 9.60. The number of allylic oxidation sites excluding steroid dienone is 1. The van der Waals surface area contributed by atoms with Crippen LogP contribution in [0.4, 0.5) is 5.13 Å². The zero-order chi connectivity index (χ0) is 23.6. The first kappa shape index (κ1) is 23.4. The van der Waals surface area contributed by atoms with Crippen molar-refractivity contribution in [2.45, 2.75) is 25.3 Å². The Hall–Kier alpha value is -2.79. The van der Waals surface area contributed by atoms with E-state index in [9.17, 15) is 13.2 Å². The number of anilines is 1. The van der Waals surface area contributed by atoms with Crippen LogP contribution in [0.2, 0.25) is 0 Å². The molecule has 3 heterocycles. The zero-order valence-corrected chi connectivity index (χ0v) is 20.2. The van der Waals surface area contributed by atoms with Crippen LogP contribution in [-0.4, -0.2) is 54.5 Å². The number of carbonyl (C=O) groups is 1. The van der Waals surface area contributed by atoms with Gasteiger partial charge in [-0.1, -0.05) is 12.1 Å². The SMILES string of the molecule is C=CCn1c(C)cc(-c2csc(NC(=O)c3cccc(S(=O)(=O)N4CCOCC4)c3)n2)c1C. The van der Waals surface area contributed by atoms with Gasteiger partial charge in [0.1, 0.15) is 0 Å². The average molecular weight is 487 g/mol. The van der Waals surface area contributed by atoms with Crippen molar-refractivity contribution < 1.29 is 17.9 Å². The predicted octanol–water partition coefficient (Wildman–Crippen LogP) is 3.69. The minimum Gasteiger partial charge on any atom is -0.379 e. The van der Waals surface area contributed by atoms with Gasteiger partial charge in [0, 0.05) is 47.5 Å². The van der Waals surface area contributed by atoms with E-state index in [1.165, 1.54) is 27.8 Å². The number of nitrogens with one attached hydrogen (secondary N) is 1. The topological polar surface area (TPSA) is 93.5 Å². The highest BCUT2D eigenvalue weighted by Gasteiger charge is 2.27. The van der Waals surface area contributed by atoms with E-state index >= 15 is 0 Å². The third-order valence-corrected chi connectivity index (χ3v) is 8.24. The molecule has 174 valence electrons. The molecule has 0 spiro atoms. The number of morpholine rings is 1. The first-order valence-corrected chi connectivity index (χ1v) is 12.9. The Morgan fingerprint density at radius 1 is 1.27 bits per heavy atom. The third kappa shape index (κ3) is 4.79. The molecule has 0 unspecified atom stereocenters. The third-order valence-electron chi connectivity index (χ3n) is 5.59. The van der Waals surface area contributed by atoms with Crippen molar-refractivity contribution in [3.05, 3.63) is 65.3 Å². The van der Waals surface area contributed by atoms with Gasteiger partial charge in [-0.3, -0.25) is 10.1 Å². The molecule has 1 aromatic carbocycles. The first-order chi connectivity index (χ1) is 15.8. The van der Waals surface area contributed by atoms with Gasteiger partial charge in [-0.2, -0.15) is 4.31 Å². The molecule has 3 aromatic rings. The molecular weight excluding hydrogens is 460 g/mol. The molecule has 0 atom stereocenters. The van der Waals surface area contributed by atoms with Crippen LogP contribution < -0.4 is 5.32 Å². The van der Waals surface area contributed by atoms with Crippen molar-refractivity contribution >= 4 is 32.4 Å². The van der Waals surface area contributed by atoms with Crippen LogP contribution in [0.25, 0.3) is 11.3 Å². The van der Waals surface area contributed by atoms with Gasteiger partial charge < -0.3 is 9.30 Å².